The largest absolute Gasteiger partial charge is 0.498 e. The molecule has 0 bridgehead atoms. The Morgan fingerprint density at radius 1 is 1.69 bits per heavy atom. The lowest BCUT2D eigenvalue weighted by Crippen LogP contribution is -2.18. The van der Waals surface area contributed by atoms with E-state index < -0.39 is 0 Å². The van der Waals surface area contributed by atoms with Crippen LogP contribution in [0.3, 0.4) is 0 Å². The third-order valence-electron chi connectivity index (χ3n) is 2.28. The number of hydrogen-bond acceptors (Lipinski definition) is 5. The molecule has 1 atom stereocenters. The van der Waals surface area contributed by atoms with Crippen LogP contribution in [0.2, 0.25) is 0 Å². The van der Waals surface area contributed by atoms with Crippen molar-refractivity contribution in [3.05, 3.63) is 11.8 Å². The summed E-state index contributed by atoms with van der Waals surface area (Å²) < 4.78 is 5.43. The minimum atomic E-state index is -0.0968. The molecule has 1 aliphatic rings. The number of rotatable bonds is 6. The first-order chi connectivity index (χ1) is 7.76. The minimum absolute atomic E-state index is 0.0580. The summed E-state index contributed by atoms with van der Waals surface area (Å²) in [5, 5.41) is 9.17. The van der Waals surface area contributed by atoms with Gasteiger partial charge in [-0.05, 0) is 12.2 Å². The Hall–Kier alpha value is -0.130. The van der Waals surface area contributed by atoms with Crippen molar-refractivity contribution in [2.75, 3.05) is 24.7 Å². The average Bonchev–Trinajstić information content (AvgIpc) is 2.27. The number of ether oxygens (including phenoxy) is 1. The number of carbonyl (C=O) groups excluding carboxylic acids is 1. The van der Waals surface area contributed by atoms with Gasteiger partial charge in [0.1, 0.15) is 5.76 Å². The van der Waals surface area contributed by atoms with Crippen molar-refractivity contribution in [2.24, 2.45) is 0 Å². The maximum atomic E-state index is 11.3. The number of aliphatic hydroxyl groups excluding tert-OH is 1. The van der Waals surface area contributed by atoms with Gasteiger partial charge < -0.3 is 9.84 Å². The molecule has 0 aromatic carbocycles. The van der Waals surface area contributed by atoms with Crippen LogP contribution in [-0.4, -0.2) is 40.9 Å². The summed E-state index contributed by atoms with van der Waals surface area (Å²) in [6.45, 7) is 0.586. The lowest BCUT2D eigenvalue weighted by Gasteiger charge is -2.24. The van der Waals surface area contributed by atoms with Crippen molar-refractivity contribution in [3.8, 4) is 0 Å². The molecule has 16 heavy (non-hydrogen) atoms. The van der Waals surface area contributed by atoms with Crippen molar-refractivity contribution in [1.82, 2.24) is 0 Å². The molecular formula is C11H18O3S2. The van der Waals surface area contributed by atoms with Gasteiger partial charge in [0.05, 0.1) is 13.2 Å². The SMILES string of the molecule is O=C(/C=C1\CC(SCCS)CCO1)CCO. The number of thioether (sulfide) groups is 1. The molecule has 1 rings (SSSR count). The van der Waals surface area contributed by atoms with Gasteiger partial charge in [-0.15, -0.1) is 0 Å². The molecule has 3 nitrogen and oxygen atoms in total. The van der Waals surface area contributed by atoms with Gasteiger partial charge >= 0.3 is 0 Å². The summed E-state index contributed by atoms with van der Waals surface area (Å²) in [5.74, 6) is 2.62. The van der Waals surface area contributed by atoms with Crippen molar-refractivity contribution >= 4 is 30.2 Å². The van der Waals surface area contributed by atoms with E-state index in [2.05, 4.69) is 12.6 Å². The van der Waals surface area contributed by atoms with Crippen molar-refractivity contribution < 1.29 is 14.6 Å². The quantitative estimate of drug-likeness (QED) is 0.564. The molecular weight excluding hydrogens is 244 g/mol. The molecule has 0 amide bonds. The number of aliphatic hydroxyl groups is 1. The van der Waals surface area contributed by atoms with Crippen LogP contribution >= 0.6 is 24.4 Å². The molecule has 0 aromatic rings. The first kappa shape index (κ1) is 13.9. The number of hydrogen-bond donors (Lipinski definition) is 2. The van der Waals surface area contributed by atoms with Crippen LogP contribution in [0, 0.1) is 0 Å². The molecule has 1 heterocycles. The van der Waals surface area contributed by atoms with Crippen LogP contribution < -0.4 is 0 Å². The normalized spacial score (nSPS) is 23.1. The van der Waals surface area contributed by atoms with E-state index >= 15 is 0 Å². The Morgan fingerprint density at radius 3 is 3.19 bits per heavy atom. The molecule has 1 saturated heterocycles. The lowest BCUT2D eigenvalue weighted by atomic mass is 10.1. The van der Waals surface area contributed by atoms with Gasteiger partial charge in [-0.25, -0.2) is 0 Å². The molecule has 0 aliphatic carbocycles. The Bertz CT molecular complexity index is 254. The van der Waals surface area contributed by atoms with Gasteiger partial charge in [0.2, 0.25) is 0 Å². The Balaban J connectivity index is 2.40. The van der Waals surface area contributed by atoms with E-state index in [0.717, 1.165) is 30.1 Å². The van der Waals surface area contributed by atoms with Gasteiger partial charge in [0.15, 0.2) is 5.78 Å². The second kappa shape index (κ2) is 8.03. The van der Waals surface area contributed by atoms with Crippen molar-refractivity contribution in [1.29, 1.82) is 0 Å². The van der Waals surface area contributed by atoms with Crippen LogP contribution in [0.4, 0.5) is 0 Å². The van der Waals surface area contributed by atoms with E-state index in [1.54, 1.807) is 0 Å². The van der Waals surface area contributed by atoms with Crippen LogP contribution in [0.25, 0.3) is 0 Å². The Kier molecular flexibility index (Phi) is 7.00. The van der Waals surface area contributed by atoms with E-state index in [1.165, 1.54) is 6.08 Å². The van der Waals surface area contributed by atoms with E-state index in [9.17, 15) is 4.79 Å². The fourth-order valence-electron chi connectivity index (χ4n) is 1.53. The number of ketones is 1. The Labute approximate surface area is 106 Å². The Morgan fingerprint density at radius 2 is 2.50 bits per heavy atom. The van der Waals surface area contributed by atoms with E-state index in [4.69, 9.17) is 9.84 Å². The zero-order valence-corrected chi connectivity index (χ0v) is 10.9. The number of allylic oxidation sites excluding steroid dienone is 2. The van der Waals surface area contributed by atoms with Gasteiger partial charge in [0, 0.05) is 29.9 Å². The minimum Gasteiger partial charge on any atom is -0.498 e. The third kappa shape index (κ3) is 5.27. The summed E-state index contributed by atoms with van der Waals surface area (Å²) in [6.07, 6.45) is 3.56. The van der Waals surface area contributed by atoms with Crippen molar-refractivity contribution in [3.63, 3.8) is 0 Å². The fraction of sp³-hybridized carbons (Fsp3) is 0.727. The lowest BCUT2D eigenvalue weighted by molar-refractivity contribution is -0.115. The van der Waals surface area contributed by atoms with Gasteiger partial charge in [-0.3, -0.25) is 4.79 Å². The fourth-order valence-corrected chi connectivity index (χ4v) is 2.83. The second-order valence-corrected chi connectivity index (χ2v) is 5.46. The predicted octanol–water partition coefficient (Wildman–Crippen LogP) is 1.66. The number of thiol groups is 1. The summed E-state index contributed by atoms with van der Waals surface area (Å²) in [5.41, 5.74) is 0. The standard InChI is InChI=1S/C11H18O3S2/c12-3-1-9(13)7-10-8-11(2-4-14-10)16-6-5-15/h7,11-12,15H,1-6,8H2/b10-7+. The highest BCUT2D eigenvalue weighted by Crippen LogP contribution is 2.27. The van der Waals surface area contributed by atoms with E-state index in [-0.39, 0.29) is 18.8 Å². The average molecular weight is 262 g/mol. The molecule has 0 saturated carbocycles. The van der Waals surface area contributed by atoms with Crippen LogP contribution in [0.5, 0.6) is 0 Å². The zero-order valence-electron chi connectivity index (χ0n) is 9.22. The molecule has 1 unspecified atom stereocenters. The van der Waals surface area contributed by atoms with Gasteiger partial charge in [-0.2, -0.15) is 24.4 Å². The predicted molar refractivity (Wildman–Crippen MR) is 70.1 cm³/mol. The van der Waals surface area contributed by atoms with Crippen LogP contribution in [-0.2, 0) is 9.53 Å². The van der Waals surface area contributed by atoms with E-state index in [1.807, 2.05) is 11.8 Å². The molecule has 1 N–H and O–H groups in total. The highest BCUT2D eigenvalue weighted by molar-refractivity contribution is 8.00. The van der Waals surface area contributed by atoms with Crippen molar-refractivity contribution in [2.45, 2.75) is 24.5 Å². The number of carbonyl (C=O) groups is 1. The first-order valence-electron chi connectivity index (χ1n) is 5.45. The van der Waals surface area contributed by atoms with Gasteiger partial charge in [-0.1, -0.05) is 0 Å². The maximum Gasteiger partial charge on any atom is 0.161 e. The highest BCUT2D eigenvalue weighted by atomic mass is 32.2. The summed E-state index contributed by atoms with van der Waals surface area (Å²) in [7, 11) is 0. The molecule has 0 aromatic heterocycles. The van der Waals surface area contributed by atoms with Crippen LogP contribution in [0.15, 0.2) is 11.8 Å². The molecule has 92 valence electrons. The second-order valence-electron chi connectivity index (χ2n) is 3.61. The topological polar surface area (TPSA) is 46.5 Å². The molecule has 0 spiro atoms. The molecule has 0 radical (unpaired) electrons. The highest BCUT2D eigenvalue weighted by Gasteiger charge is 2.18. The molecule has 1 fully saturated rings. The molecule has 1 aliphatic heterocycles. The third-order valence-corrected chi connectivity index (χ3v) is 4.12. The summed E-state index contributed by atoms with van der Waals surface area (Å²) in [6, 6.07) is 0. The zero-order chi connectivity index (χ0) is 11.8. The molecule has 5 heteroatoms. The summed E-state index contributed by atoms with van der Waals surface area (Å²) in [4.78, 5) is 11.3. The first-order valence-corrected chi connectivity index (χ1v) is 7.14. The monoisotopic (exact) mass is 262 g/mol. The summed E-state index contributed by atoms with van der Waals surface area (Å²) >= 11 is 6.06. The van der Waals surface area contributed by atoms with E-state index in [0.29, 0.717) is 11.9 Å². The van der Waals surface area contributed by atoms with Crippen LogP contribution in [0.1, 0.15) is 19.3 Å². The van der Waals surface area contributed by atoms with Gasteiger partial charge in [0.25, 0.3) is 0 Å². The smallest absolute Gasteiger partial charge is 0.161 e. The maximum absolute atomic E-state index is 11.3.